The van der Waals surface area contributed by atoms with Crippen LogP contribution in [0.4, 0.5) is 5.69 Å². The molecule has 146 valence electrons. The zero-order valence-corrected chi connectivity index (χ0v) is 16.1. The van der Waals surface area contributed by atoms with Crippen molar-refractivity contribution in [1.29, 1.82) is 0 Å². The average Bonchev–Trinajstić information content (AvgIpc) is 2.75. The summed E-state index contributed by atoms with van der Waals surface area (Å²) in [6.45, 7) is 6.65. The number of morpholine rings is 1. The molecule has 1 aliphatic heterocycles. The van der Waals surface area contributed by atoms with Gasteiger partial charge < -0.3 is 10.1 Å². The minimum atomic E-state index is -0.116. The number of hydrogen-bond donors (Lipinski definition) is 1. The van der Waals surface area contributed by atoms with Crippen LogP contribution in [0.25, 0.3) is 21.6 Å². The standard InChI is InChI=1S/C21H25N5O2/c1-2-17-19(24-25-22)9-8-18(20(17)16-6-4-3-5-7-16)21(27)23-10-11-26-12-14-28-15-13-26/h3-9H,2,10-15H2,1H3,(H,23,27). The van der Waals surface area contributed by atoms with Crippen molar-refractivity contribution in [2.45, 2.75) is 13.3 Å². The van der Waals surface area contributed by atoms with Gasteiger partial charge in [-0.2, -0.15) is 0 Å². The van der Waals surface area contributed by atoms with Gasteiger partial charge in [-0.1, -0.05) is 48.4 Å². The van der Waals surface area contributed by atoms with Crippen LogP contribution in [0.5, 0.6) is 0 Å². The largest absolute Gasteiger partial charge is 0.379 e. The molecule has 1 aliphatic rings. The molecule has 1 fully saturated rings. The molecule has 3 rings (SSSR count). The summed E-state index contributed by atoms with van der Waals surface area (Å²) >= 11 is 0. The predicted octanol–water partition coefficient (Wildman–Crippen LogP) is 3.92. The smallest absolute Gasteiger partial charge is 0.251 e. The second-order valence-corrected chi connectivity index (χ2v) is 6.60. The highest BCUT2D eigenvalue weighted by Crippen LogP contribution is 2.35. The van der Waals surface area contributed by atoms with Crippen molar-refractivity contribution in [3.05, 3.63) is 64.0 Å². The van der Waals surface area contributed by atoms with Gasteiger partial charge >= 0.3 is 0 Å². The van der Waals surface area contributed by atoms with Gasteiger partial charge in [-0.15, -0.1) is 0 Å². The van der Waals surface area contributed by atoms with E-state index in [4.69, 9.17) is 10.3 Å². The number of nitrogens with one attached hydrogen (secondary N) is 1. The normalized spacial score (nSPS) is 14.3. The number of benzene rings is 2. The highest BCUT2D eigenvalue weighted by molar-refractivity contribution is 6.02. The molecular formula is C21H25N5O2. The SMILES string of the molecule is CCc1c(N=[N+]=[N-])ccc(C(=O)NCCN2CCOCC2)c1-c1ccccc1. The van der Waals surface area contributed by atoms with Crippen molar-refractivity contribution in [1.82, 2.24) is 10.2 Å². The number of azide groups is 1. The van der Waals surface area contributed by atoms with Gasteiger partial charge in [0.2, 0.25) is 0 Å². The van der Waals surface area contributed by atoms with Crippen LogP contribution in [0.15, 0.2) is 47.6 Å². The Hall–Kier alpha value is -2.86. The van der Waals surface area contributed by atoms with Crippen molar-refractivity contribution in [2.24, 2.45) is 5.11 Å². The molecule has 28 heavy (non-hydrogen) atoms. The van der Waals surface area contributed by atoms with E-state index in [9.17, 15) is 4.79 Å². The van der Waals surface area contributed by atoms with Crippen LogP contribution in [-0.2, 0) is 11.2 Å². The Morgan fingerprint density at radius 1 is 1.21 bits per heavy atom. The Kier molecular flexibility index (Phi) is 7.03. The van der Waals surface area contributed by atoms with Crippen LogP contribution in [-0.4, -0.2) is 50.2 Å². The summed E-state index contributed by atoms with van der Waals surface area (Å²) < 4.78 is 5.35. The van der Waals surface area contributed by atoms with Gasteiger partial charge in [-0.25, -0.2) is 0 Å². The molecule has 0 spiro atoms. The fraction of sp³-hybridized carbons (Fsp3) is 0.381. The number of ether oxygens (including phenoxy) is 1. The number of rotatable bonds is 7. The second kappa shape index (κ2) is 9.90. The van der Waals surface area contributed by atoms with Gasteiger partial charge in [-0.05, 0) is 34.7 Å². The maximum absolute atomic E-state index is 13.0. The number of nitrogens with zero attached hydrogens (tertiary/aromatic N) is 4. The van der Waals surface area contributed by atoms with Gasteiger partial charge in [0.25, 0.3) is 5.91 Å². The summed E-state index contributed by atoms with van der Waals surface area (Å²) in [5, 5.41) is 6.85. The number of carbonyl (C=O) groups is 1. The van der Waals surface area contributed by atoms with Crippen molar-refractivity contribution in [3.63, 3.8) is 0 Å². The van der Waals surface area contributed by atoms with Crippen molar-refractivity contribution < 1.29 is 9.53 Å². The summed E-state index contributed by atoms with van der Waals surface area (Å²) in [6.07, 6.45) is 0.660. The van der Waals surface area contributed by atoms with Gasteiger partial charge in [-0.3, -0.25) is 9.69 Å². The summed E-state index contributed by atoms with van der Waals surface area (Å²) in [6, 6.07) is 13.2. The first-order chi connectivity index (χ1) is 13.7. The molecule has 0 unspecified atom stereocenters. The summed E-state index contributed by atoms with van der Waals surface area (Å²) in [5.41, 5.74) is 12.7. The maximum Gasteiger partial charge on any atom is 0.251 e. The summed E-state index contributed by atoms with van der Waals surface area (Å²) in [4.78, 5) is 18.2. The highest BCUT2D eigenvalue weighted by Gasteiger charge is 2.18. The lowest BCUT2D eigenvalue weighted by Gasteiger charge is -2.26. The molecular weight excluding hydrogens is 354 g/mol. The molecule has 0 bridgehead atoms. The monoisotopic (exact) mass is 379 g/mol. The topological polar surface area (TPSA) is 90.3 Å². The zero-order chi connectivity index (χ0) is 19.8. The van der Waals surface area contributed by atoms with Gasteiger partial charge in [0.05, 0.1) is 13.2 Å². The lowest BCUT2D eigenvalue weighted by molar-refractivity contribution is 0.0383. The second-order valence-electron chi connectivity index (χ2n) is 6.60. The highest BCUT2D eigenvalue weighted by atomic mass is 16.5. The van der Waals surface area contributed by atoms with Gasteiger partial charge in [0, 0.05) is 42.3 Å². The first-order valence-electron chi connectivity index (χ1n) is 9.59. The Morgan fingerprint density at radius 2 is 1.96 bits per heavy atom. The van der Waals surface area contributed by atoms with E-state index in [0.717, 1.165) is 49.5 Å². The maximum atomic E-state index is 13.0. The molecule has 1 heterocycles. The molecule has 0 aliphatic carbocycles. The summed E-state index contributed by atoms with van der Waals surface area (Å²) in [5.74, 6) is -0.116. The number of carbonyl (C=O) groups excluding carboxylic acids is 1. The van der Waals surface area contributed by atoms with Crippen molar-refractivity contribution in [3.8, 4) is 11.1 Å². The van der Waals surface area contributed by atoms with Crippen LogP contribution in [0.1, 0.15) is 22.8 Å². The van der Waals surface area contributed by atoms with Crippen LogP contribution < -0.4 is 5.32 Å². The van der Waals surface area contributed by atoms with E-state index >= 15 is 0 Å². The number of hydrogen-bond acceptors (Lipinski definition) is 4. The van der Waals surface area contributed by atoms with E-state index in [1.165, 1.54) is 0 Å². The first-order valence-corrected chi connectivity index (χ1v) is 9.59. The van der Waals surface area contributed by atoms with E-state index in [1.807, 2.05) is 37.3 Å². The fourth-order valence-corrected chi connectivity index (χ4v) is 3.51. The third-order valence-electron chi connectivity index (χ3n) is 4.92. The first kappa shape index (κ1) is 19.9. The molecule has 0 radical (unpaired) electrons. The average molecular weight is 379 g/mol. The molecule has 2 aromatic rings. The Balaban J connectivity index is 1.86. The lowest BCUT2D eigenvalue weighted by Crippen LogP contribution is -2.41. The third-order valence-corrected chi connectivity index (χ3v) is 4.92. The van der Waals surface area contributed by atoms with Crippen LogP contribution >= 0.6 is 0 Å². The van der Waals surface area contributed by atoms with E-state index in [-0.39, 0.29) is 5.91 Å². The lowest BCUT2D eigenvalue weighted by atomic mass is 9.91. The van der Waals surface area contributed by atoms with Crippen molar-refractivity contribution in [2.75, 3.05) is 39.4 Å². The molecule has 7 heteroatoms. The van der Waals surface area contributed by atoms with Crippen LogP contribution in [0.3, 0.4) is 0 Å². The number of amides is 1. The van der Waals surface area contributed by atoms with E-state index in [2.05, 4.69) is 20.2 Å². The zero-order valence-electron chi connectivity index (χ0n) is 16.1. The fourth-order valence-electron chi connectivity index (χ4n) is 3.51. The molecule has 7 nitrogen and oxygen atoms in total. The predicted molar refractivity (Wildman–Crippen MR) is 110 cm³/mol. The quantitative estimate of drug-likeness (QED) is 0.449. The van der Waals surface area contributed by atoms with E-state index < -0.39 is 0 Å². The molecule has 0 saturated carbocycles. The minimum absolute atomic E-state index is 0.116. The minimum Gasteiger partial charge on any atom is -0.379 e. The Labute approximate surface area is 164 Å². The molecule has 0 aromatic heterocycles. The Bertz CT molecular complexity index is 857. The molecule has 0 atom stereocenters. The van der Waals surface area contributed by atoms with Crippen molar-refractivity contribution >= 4 is 11.6 Å². The van der Waals surface area contributed by atoms with E-state index in [1.54, 1.807) is 12.1 Å². The van der Waals surface area contributed by atoms with E-state index in [0.29, 0.717) is 24.2 Å². The van der Waals surface area contributed by atoms with Gasteiger partial charge in [0.15, 0.2) is 0 Å². The van der Waals surface area contributed by atoms with Crippen LogP contribution in [0.2, 0.25) is 0 Å². The molecule has 1 saturated heterocycles. The molecule has 2 aromatic carbocycles. The molecule has 1 amide bonds. The van der Waals surface area contributed by atoms with Gasteiger partial charge in [0.1, 0.15) is 0 Å². The van der Waals surface area contributed by atoms with Crippen LogP contribution in [0, 0.1) is 0 Å². The molecule has 1 N–H and O–H groups in total. The summed E-state index contributed by atoms with van der Waals surface area (Å²) in [7, 11) is 0. The third kappa shape index (κ3) is 4.70. The Morgan fingerprint density at radius 3 is 2.64 bits per heavy atom.